The van der Waals surface area contributed by atoms with Crippen LogP contribution in [0, 0.1) is 5.82 Å². The number of likely N-dealkylation sites (N-methyl/N-ethyl adjacent to an activating group) is 1. The predicted molar refractivity (Wildman–Crippen MR) is 67.0 cm³/mol. The van der Waals surface area contributed by atoms with Gasteiger partial charge in [-0.2, -0.15) is 0 Å². The molecule has 19 heavy (non-hydrogen) atoms. The van der Waals surface area contributed by atoms with E-state index in [-0.39, 0.29) is 5.82 Å². The molecule has 0 aliphatic carbocycles. The van der Waals surface area contributed by atoms with E-state index in [2.05, 4.69) is 10.1 Å². The van der Waals surface area contributed by atoms with E-state index in [0.717, 1.165) is 10.5 Å². The molecule has 6 heteroatoms. The van der Waals surface area contributed by atoms with E-state index in [1.165, 1.54) is 19.2 Å². The summed E-state index contributed by atoms with van der Waals surface area (Å²) in [5.74, 6) is -0.738. The molecule has 0 aromatic heterocycles. The topological polar surface area (TPSA) is 59.8 Å². The molecule has 104 valence electrons. The van der Waals surface area contributed by atoms with Gasteiger partial charge < -0.3 is 9.64 Å². The number of rotatable bonds is 4. The second-order valence-corrected chi connectivity index (χ2v) is 4.36. The molecule has 1 rings (SSSR count). The number of nitrogens with one attached hydrogen (secondary N) is 2. The lowest BCUT2D eigenvalue weighted by Crippen LogP contribution is -3.12. The van der Waals surface area contributed by atoms with Gasteiger partial charge in [-0.25, -0.2) is 9.18 Å². The maximum atomic E-state index is 13.0. The van der Waals surface area contributed by atoms with E-state index in [4.69, 9.17) is 0 Å². The first kappa shape index (κ1) is 15.1. The van der Waals surface area contributed by atoms with Crippen LogP contribution in [0.15, 0.2) is 24.3 Å². The molecule has 0 bridgehead atoms. The molecular formula is C13H18FN2O3+. The highest BCUT2D eigenvalue weighted by Crippen LogP contribution is 2.01. The summed E-state index contributed by atoms with van der Waals surface area (Å²) in [5, 5.41) is 2.11. The summed E-state index contributed by atoms with van der Waals surface area (Å²) in [4.78, 5) is 23.5. The van der Waals surface area contributed by atoms with Crippen LogP contribution >= 0.6 is 0 Å². The molecule has 5 nitrogen and oxygen atoms in total. The van der Waals surface area contributed by atoms with Crippen molar-refractivity contribution in [3.05, 3.63) is 35.6 Å². The highest BCUT2D eigenvalue weighted by molar-refractivity contribution is 5.93. The van der Waals surface area contributed by atoms with Crippen LogP contribution in [0.1, 0.15) is 12.5 Å². The number of ether oxygens (including phenoxy) is 1. The summed E-state index contributed by atoms with van der Waals surface area (Å²) in [7, 11) is 2.99. The fourth-order valence-electron chi connectivity index (χ4n) is 1.61. The molecular weight excluding hydrogens is 251 g/mol. The zero-order valence-corrected chi connectivity index (χ0v) is 11.2. The fraction of sp³-hybridized carbons (Fsp3) is 0.385. The van der Waals surface area contributed by atoms with E-state index in [1.54, 1.807) is 26.1 Å². The number of benzene rings is 1. The number of hydrogen-bond donors (Lipinski definition) is 2. The molecule has 2 atom stereocenters. The number of amides is 2. The normalized spacial score (nSPS) is 13.5. The smallest absolute Gasteiger partial charge is 0.413 e. The molecule has 0 spiro atoms. The third-order valence-electron chi connectivity index (χ3n) is 2.92. The number of hydrogen-bond acceptors (Lipinski definition) is 3. The van der Waals surface area contributed by atoms with E-state index in [1.807, 2.05) is 0 Å². The minimum absolute atomic E-state index is 0.308. The standard InChI is InChI=1S/C13H17FN2O3/c1-9(12(17)15-13(18)19-3)16(2)8-10-5-4-6-11(14)7-10/h4-7,9H,8H2,1-3H3,(H,15,17,18)/p+1/t9-/m0/s1. The molecule has 1 aromatic carbocycles. The molecule has 0 saturated heterocycles. The zero-order valence-electron chi connectivity index (χ0n) is 11.2. The Morgan fingerprint density at radius 3 is 2.74 bits per heavy atom. The van der Waals surface area contributed by atoms with Gasteiger partial charge in [0, 0.05) is 5.56 Å². The SMILES string of the molecule is COC(=O)NC(=O)[C@H](C)[NH+](C)Cc1cccc(F)c1. The summed E-state index contributed by atoms with van der Waals surface area (Å²) in [5.41, 5.74) is 0.787. The zero-order chi connectivity index (χ0) is 14.4. The van der Waals surface area contributed by atoms with Crippen molar-refractivity contribution in [2.75, 3.05) is 14.2 Å². The first-order chi connectivity index (χ1) is 8.93. The number of halogens is 1. The van der Waals surface area contributed by atoms with Gasteiger partial charge in [-0.3, -0.25) is 10.1 Å². The Hall–Kier alpha value is -1.95. The van der Waals surface area contributed by atoms with Gasteiger partial charge in [-0.15, -0.1) is 0 Å². The summed E-state index contributed by atoms with van der Waals surface area (Å²) >= 11 is 0. The Kier molecular flexibility index (Phi) is 5.44. The van der Waals surface area contributed by atoms with Crippen LogP contribution in [0.2, 0.25) is 0 Å². The van der Waals surface area contributed by atoms with Crippen molar-refractivity contribution in [3.8, 4) is 0 Å². The second-order valence-electron chi connectivity index (χ2n) is 4.36. The van der Waals surface area contributed by atoms with Gasteiger partial charge in [-0.1, -0.05) is 12.1 Å². The molecule has 0 saturated carbocycles. The predicted octanol–water partition coefficient (Wildman–Crippen LogP) is 0.112. The van der Waals surface area contributed by atoms with Gasteiger partial charge >= 0.3 is 6.09 Å². The number of carbonyl (C=O) groups excluding carboxylic acids is 2. The maximum Gasteiger partial charge on any atom is 0.413 e. The summed E-state index contributed by atoms with van der Waals surface area (Å²) in [6.45, 7) is 2.17. The molecule has 1 aromatic rings. The fourth-order valence-corrected chi connectivity index (χ4v) is 1.61. The second kappa shape index (κ2) is 6.84. The Morgan fingerprint density at radius 2 is 2.16 bits per heavy atom. The molecule has 0 heterocycles. The van der Waals surface area contributed by atoms with Crippen molar-refractivity contribution in [2.24, 2.45) is 0 Å². The first-order valence-corrected chi connectivity index (χ1v) is 5.89. The summed E-state index contributed by atoms with van der Waals surface area (Å²) < 4.78 is 17.4. The van der Waals surface area contributed by atoms with Gasteiger partial charge in [0.05, 0.1) is 14.2 Å². The van der Waals surface area contributed by atoms with E-state index in [0.29, 0.717) is 6.54 Å². The van der Waals surface area contributed by atoms with E-state index >= 15 is 0 Å². The van der Waals surface area contributed by atoms with Crippen LogP contribution in [0.4, 0.5) is 9.18 Å². The number of alkyl carbamates (subject to hydrolysis) is 1. The van der Waals surface area contributed by atoms with Crippen molar-refractivity contribution in [1.82, 2.24) is 5.32 Å². The molecule has 2 N–H and O–H groups in total. The van der Waals surface area contributed by atoms with Crippen LogP contribution in [-0.4, -0.2) is 32.2 Å². The maximum absolute atomic E-state index is 13.0. The Bertz CT molecular complexity index is 465. The Morgan fingerprint density at radius 1 is 1.47 bits per heavy atom. The van der Waals surface area contributed by atoms with Crippen molar-refractivity contribution in [3.63, 3.8) is 0 Å². The Balaban J connectivity index is 2.59. The van der Waals surface area contributed by atoms with Crippen LogP contribution in [-0.2, 0) is 16.1 Å². The molecule has 1 unspecified atom stereocenters. The van der Waals surface area contributed by atoms with Crippen LogP contribution < -0.4 is 10.2 Å². The van der Waals surface area contributed by atoms with Gasteiger partial charge in [0.2, 0.25) is 0 Å². The average Bonchev–Trinajstić information content (AvgIpc) is 2.37. The third-order valence-corrected chi connectivity index (χ3v) is 2.92. The molecule has 0 fully saturated rings. The molecule has 0 aliphatic heterocycles. The van der Waals surface area contributed by atoms with Crippen molar-refractivity contribution < 1.29 is 23.6 Å². The lowest BCUT2D eigenvalue weighted by molar-refractivity contribution is -0.908. The van der Waals surface area contributed by atoms with E-state index in [9.17, 15) is 14.0 Å². The molecule has 2 amide bonds. The van der Waals surface area contributed by atoms with Gasteiger partial charge in [0.1, 0.15) is 12.4 Å². The Labute approximate surface area is 111 Å². The van der Waals surface area contributed by atoms with Crippen molar-refractivity contribution in [2.45, 2.75) is 19.5 Å². The molecule has 0 aliphatic rings. The van der Waals surface area contributed by atoms with Crippen molar-refractivity contribution in [1.29, 1.82) is 0 Å². The highest BCUT2D eigenvalue weighted by atomic mass is 19.1. The lowest BCUT2D eigenvalue weighted by atomic mass is 10.2. The summed E-state index contributed by atoms with van der Waals surface area (Å²) in [6.07, 6.45) is -0.782. The van der Waals surface area contributed by atoms with Crippen LogP contribution in [0.5, 0.6) is 0 Å². The van der Waals surface area contributed by atoms with Gasteiger partial charge in [0.25, 0.3) is 5.91 Å². The summed E-state index contributed by atoms with van der Waals surface area (Å²) in [6, 6.07) is 5.75. The largest absolute Gasteiger partial charge is 0.453 e. The van der Waals surface area contributed by atoms with E-state index < -0.39 is 18.0 Å². The number of imide groups is 1. The highest BCUT2D eigenvalue weighted by Gasteiger charge is 2.23. The lowest BCUT2D eigenvalue weighted by Gasteiger charge is -2.20. The average molecular weight is 269 g/mol. The van der Waals surface area contributed by atoms with Crippen molar-refractivity contribution >= 4 is 12.0 Å². The monoisotopic (exact) mass is 269 g/mol. The quantitative estimate of drug-likeness (QED) is 0.815. The van der Waals surface area contributed by atoms with Gasteiger partial charge in [-0.05, 0) is 19.1 Å². The minimum Gasteiger partial charge on any atom is -0.453 e. The van der Waals surface area contributed by atoms with Crippen LogP contribution in [0.25, 0.3) is 0 Å². The van der Waals surface area contributed by atoms with Crippen LogP contribution in [0.3, 0.4) is 0 Å². The number of carbonyl (C=O) groups is 2. The number of methoxy groups -OCH3 is 1. The number of quaternary nitrogens is 1. The first-order valence-electron chi connectivity index (χ1n) is 5.89. The third kappa shape index (κ3) is 4.67. The minimum atomic E-state index is -0.782. The van der Waals surface area contributed by atoms with Gasteiger partial charge in [0.15, 0.2) is 6.04 Å². The molecule has 0 radical (unpaired) electrons.